The maximum atomic E-state index is 3.86. The van der Waals surface area contributed by atoms with Crippen LogP contribution in [-0.2, 0) is 0 Å². The van der Waals surface area contributed by atoms with Crippen molar-refractivity contribution in [1.82, 2.24) is 5.32 Å². The summed E-state index contributed by atoms with van der Waals surface area (Å²) in [5.74, 6) is 2.18. The van der Waals surface area contributed by atoms with Gasteiger partial charge in [-0.15, -0.1) is 0 Å². The molecule has 17 heavy (non-hydrogen) atoms. The molecule has 0 aromatic carbocycles. The first kappa shape index (κ1) is 15.4. The first-order valence-electron chi connectivity index (χ1n) is 7.66. The second-order valence-electron chi connectivity index (χ2n) is 5.36. The van der Waals surface area contributed by atoms with Crippen LogP contribution in [0, 0.1) is 5.92 Å². The van der Waals surface area contributed by atoms with E-state index in [2.05, 4.69) is 37.8 Å². The van der Waals surface area contributed by atoms with Crippen molar-refractivity contribution in [2.45, 2.75) is 77.0 Å². The monoisotopic (exact) mass is 257 g/mol. The molecular formula is C15H31NS. The Kier molecular flexibility index (Phi) is 8.38. The van der Waals surface area contributed by atoms with E-state index < -0.39 is 0 Å². The van der Waals surface area contributed by atoms with Crippen LogP contribution in [0.2, 0.25) is 0 Å². The van der Waals surface area contributed by atoms with Crippen molar-refractivity contribution < 1.29 is 0 Å². The number of thioether (sulfide) groups is 1. The van der Waals surface area contributed by atoms with Crippen molar-refractivity contribution in [3.05, 3.63) is 0 Å². The molecule has 2 heteroatoms. The number of unbranched alkanes of at least 4 members (excludes halogenated alkanes) is 1. The molecule has 0 aromatic rings. The number of hydrogen-bond acceptors (Lipinski definition) is 2. The summed E-state index contributed by atoms with van der Waals surface area (Å²) in [7, 11) is 0. The highest BCUT2D eigenvalue weighted by molar-refractivity contribution is 7.99. The third-order valence-corrected chi connectivity index (χ3v) is 5.37. The third kappa shape index (κ3) is 5.65. The number of nitrogens with one attached hydrogen (secondary N) is 1. The zero-order valence-corrected chi connectivity index (χ0v) is 12.8. The van der Waals surface area contributed by atoms with Crippen molar-refractivity contribution in [3.63, 3.8) is 0 Å². The molecular weight excluding hydrogens is 226 g/mol. The molecule has 0 aliphatic heterocycles. The maximum absolute atomic E-state index is 3.86. The molecule has 3 atom stereocenters. The van der Waals surface area contributed by atoms with Crippen molar-refractivity contribution in [1.29, 1.82) is 0 Å². The lowest BCUT2D eigenvalue weighted by Crippen LogP contribution is -2.37. The summed E-state index contributed by atoms with van der Waals surface area (Å²) in [4.78, 5) is 0. The van der Waals surface area contributed by atoms with Crippen LogP contribution in [0.15, 0.2) is 0 Å². The van der Waals surface area contributed by atoms with Gasteiger partial charge in [0.05, 0.1) is 0 Å². The van der Waals surface area contributed by atoms with E-state index in [1.807, 2.05) is 0 Å². The largest absolute Gasteiger partial charge is 0.313 e. The smallest absolute Gasteiger partial charge is 0.0201 e. The van der Waals surface area contributed by atoms with Gasteiger partial charge in [-0.05, 0) is 37.5 Å². The van der Waals surface area contributed by atoms with Crippen LogP contribution in [0.25, 0.3) is 0 Å². The highest BCUT2D eigenvalue weighted by Crippen LogP contribution is 2.30. The van der Waals surface area contributed by atoms with Crippen LogP contribution < -0.4 is 5.32 Å². The Morgan fingerprint density at radius 1 is 1.24 bits per heavy atom. The fourth-order valence-electron chi connectivity index (χ4n) is 2.83. The Balaban J connectivity index is 2.22. The van der Waals surface area contributed by atoms with Gasteiger partial charge in [-0.1, -0.05) is 46.5 Å². The fourth-order valence-corrected chi connectivity index (χ4v) is 4.06. The Labute approximate surface area is 113 Å². The minimum Gasteiger partial charge on any atom is -0.313 e. The van der Waals surface area contributed by atoms with Gasteiger partial charge in [0.2, 0.25) is 0 Å². The van der Waals surface area contributed by atoms with Crippen LogP contribution in [0.3, 0.4) is 0 Å². The van der Waals surface area contributed by atoms with E-state index in [0.29, 0.717) is 0 Å². The Bertz CT molecular complexity index is 184. The molecule has 0 radical (unpaired) electrons. The first-order chi connectivity index (χ1) is 8.31. The summed E-state index contributed by atoms with van der Waals surface area (Å²) in [6, 6.07) is 0.802. The van der Waals surface area contributed by atoms with E-state index in [-0.39, 0.29) is 0 Å². The molecule has 102 valence electrons. The van der Waals surface area contributed by atoms with Gasteiger partial charge < -0.3 is 5.32 Å². The van der Waals surface area contributed by atoms with Gasteiger partial charge in [0.15, 0.2) is 0 Å². The molecule has 0 aromatic heterocycles. The Morgan fingerprint density at radius 2 is 2.06 bits per heavy atom. The summed E-state index contributed by atoms with van der Waals surface area (Å²) in [6.45, 7) is 8.18. The molecule has 1 N–H and O–H groups in total. The van der Waals surface area contributed by atoms with Crippen molar-refractivity contribution in [2.24, 2.45) is 5.92 Å². The molecule has 1 nitrogen and oxygen atoms in total. The standard InChI is InChI=1S/C15H31NS/c1-4-7-9-13(5-2)12-16-14-10-8-11-15(14)17-6-3/h13-16H,4-12H2,1-3H3. The van der Waals surface area contributed by atoms with Gasteiger partial charge in [0.1, 0.15) is 0 Å². The molecule has 1 aliphatic carbocycles. The van der Waals surface area contributed by atoms with Gasteiger partial charge in [-0.25, -0.2) is 0 Å². The zero-order chi connectivity index (χ0) is 12.5. The van der Waals surface area contributed by atoms with Gasteiger partial charge in [-0.2, -0.15) is 11.8 Å². The lowest BCUT2D eigenvalue weighted by molar-refractivity contribution is 0.391. The average Bonchev–Trinajstić information content (AvgIpc) is 2.78. The lowest BCUT2D eigenvalue weighted by atomic mass is 9.99. The molecule has 0 spiro atoms. The predicted molar refractivity (Wildman–Crippen MR) is 80.9 cm³/mol. The van der Waals surface area contributed by atoms with Crippen LogP contribution >= 0.6 is 11.8 Å². The van der Waals surface area contributed by atoms with Gasteiger partial charge in [0.25, 0.3) is 0 Å². The van der Waals surface area contributed by atoms with Crippen LogP contribution in [0.4, 0.5) is 0 Å². The predicted octanol–water partition coefficient (Wildman–Crippen LogP) is 4.47. The first-order valence-corrected chi connectivity index (χ1v) is 8.71. The van der Waals surface area contributed by atoms with Gasteiger partial charge >= 0.3 is 0 Å². The van der Waals surface area contributed by atoms with Crippen molar-refractivity contribution in [3.8, 4) is 0 Å². The van der Waals surface area contributed by atoms with Gasteiger partial charge in [-0.3, -0.25) is 0 Å². The average molecular weight is 257 g/mol. The number of hydrogen-bond donors (Lipinski definition) is 1. The Hall–Kier alpha value is 0.310. The summed E-state index contributed by atoms with van der Waals surface area (Å²) in [5.41, 5.74) is 0. The molecule has 1 saturated carbocycles. The summed E-state index contributed by atoms with van der Waals surface area (Å²) >= 11 is 2.16. The quantitative estimate of drug-likeness (QED) is 0.654. The van der Waals surface area contributed by atoms with E-state index in [0.717, 1.165) is 17.2 Å². The zero-order valence-electron chi connectivity index (χ0n) is 12.0. The minimum atomic E-state index is 0.802. The summed E-state index contributed by atoms with van der Waals surface area (Å²) in [5, 5.41) is 4.75. The van der Waals surface area contributed by atoms with E-state index in [1.165, 1.54) is 57.2 Å². The molecule has 1 fully saturated rings. The normalized spacial score (nSPS) is 26.3. The lowest BCUT2D eigenvalue weighted by Gasteiger charge is -2.23. The molecule has 1 aliphatic rings. The van der Waals surface area contributed by atoms with Crippen molar-refractivity contribution in [2.75, 3.05) is 12.3 Å². The van der Waals surface area contributed by atoms with Crippen LogP contribution in [0.5, 0.6) is 0 Å². The Morgan fingerprint density at radius 3 is 2.71 bits per heavy atom. The second-order valence-corrected chi connectivity index (χ2v) is 6.87. The second kappa shape index (κ2) is 9.27. The fraction of sp³-hybridized carbons (Fsp3) is 1.00. The van der Waals surface area contributed by atoms with Crippen LogP contribution in [-0.4, -0.2) is 23.6 Å². The molecule has 0 bridgehead atoms. The topological polar surface area (TPSA) is 12.0 Å². The summed E-state index contributed by atoms with van der Waals surface area (Å²) < 4.78 is 0. The van der Waals surface area contributed by atoms with E-state index in [1.54, 1.807) is 0 Å². The summed E-state index contributed by atoms with van der Waals surface area (Å²) in [6.07, 6.45) is 9.76. The minimum absolute atomic E-state index is 0.802. The molecule has 0 saturated heterocycles. The molecule has 0 heterocycles. The highest BCUT2D eigenvalue weighted by atomic mass is 32.2. The molecule has 1 rings (SSSR count). The van der Waals surface area contributed by atoms with Crippen LogP contribution in [0.1, 0.15) is 65.7 Å². The SMILES string of the molecule is CCCCC(CC)CNC1CCCC1SCC. The van der Waals surface area contributed by atoms with Gasteiger partial charge in [0, 0.05) is 11.3 Å². The van der Waals surface area contributed by atoms with E-state index >= 15 is 0 Å². The van der Waals surface area contributed by atoms with E-state index in [4.69, 9.17) is 0 Å². The maximum Gasteiger partial charge on any atom is 0.0201 e. The highest BCUT2D eigenvalue weighted by Gasteiger charge is 2.26. The van der Waals surface area contributed by atoms with E-state index in [9.17, 15) is 0 Å². The van der Waals surface area contributed by atoms with Crippen molar-refractivity contribution >= 4 is 11.8 Å². The third-order valence-electron chi connectivity index (χ3n) is 4.05. The molecule has 3 unspecified atom stereocenters. The number of rotatable bonds is 9. The molecule has 0 amide bonds.